The molecule has 0 aliphatic heterocycles. The van der Waals surface area contributed by atoms with Crippen molar-refractivity contribution in [1.82, 2.24) is 14.7 Å². The number of carboxylic acids is 1. The minimum atomic E-state index is -5.08. The second-order valence-electron chi connectivity index (χ2n) is 8.05. The van der Waals surface area contributed by atoms with Gasteiger partial charge >= 0.3 is 18.3 Å². The molecule has 0 fully saturated rings. The van der Waals surface area contributed by atoms with Gasteiger partial charge < -0.3 is 10.8 Å². The van der Waals surface area contributed by atoms with Crippen molar-refractivity contribution in [2.45, 2.75) is 36.6 Å². The summed E-state index contributed by atoms with van der Waals surface area (Å²) in [4.78, 5) is 16.1. The third kappa shape index (κ3) is 7.38. The minimum Gasteiger partial charge on any atom is -0.475 e. The van der Waals surface area contributed by atoms with Crippen LogP contribution in [0.2, 0.25) is 0 Å². The third-order valence-electron chi connectivity index (χ3n) is 4.78. The first kappa shape index (κ1) is 30.4. The molecular formula is C22H19F7N4O4S. The number of carboxylic acid groups (broad SMARTS) is 1. The van der Waals surface area contributed by atoms with E-state index in [2.05, 4.69) is 9.97 Å². The van der Waals surface area contributed by atoms with Crippen LogP contribution in [0.1, 0.15) is 13.8 Å². The van der Waals surface area contributed by atoms with Gasteiger partial charge in [0.15, 0.2) is 0 Å². The fourth-order valence-electron chi connectivity index (χ4n) is 2.78. The Morgan fingerprint density at radius 1 is 0.921 bits per heavy atom. The molecule has 0 saturated carbocycles. The molecule has 8 nitrogen and oxygen atoms in total. The molecule has 16 heteroatoms. The molecule has 4 N–H and O–H groups in total. The number of anilines is 1. The highest BCUT2D eigenvalue weighted by Gasteiger charge is 2.50. The standard InChI is InChI=1S/C20H18F4N4O2S.C2HF3O2/c1-19(2,20(22,23)24)28-31(29,30)17-6-4-3-5-15(17)12-7-8-14(16(21)9-12)13-10-26-18(25)27-11-13;3-2(4,5)1(6)7/h3-11,28H,1-2H3,(H2,25,26,27);(H,6,7). The molecule has 1 heterocycles. The molecule has 0 aliphatic rings. The van der Waals surface area contributed by atoms with Crippen molar-refractivity contribution in [3.05, 3.63) is 60.7 Å². The summed E-state index contributed by atoms with van der Waals surface area (Å²) in [5, 5.41) is 7.12. The lowest BCUT2D eigenvalue weighted by atomic mass is 10.0. The van der Waals surface area contributed by atoms with Crippen LogP contribution in [-0.2, 0) is 14.8 Å². The first-order valence-corrected chi connectivity index (χ1v) is 11.6. The van der Waals surface area contributed by atoms with E-state index in [-0.39, 0.29) is 22.6 Å². The van der Waals surface area contributed by atoms with Crippen LogP contribution in [0.15, 0.2) is 59.8 Å². The van der Waals surface area contributed by atoms with Crippen LogP contribution >= 0.6 is 0 Å². The molecule has 1 aromatic heterocycles. The van der Waals surface area contributed by atoms with E-state index in [0.29, 0.717) is 5.56 Å². The molecule has 38 heavy (non-hydrogen) atoms. The molecule has 0 radical (unpaired) electrons. The molecule has 0 amide bonds. The van der Waals surface area contributed by atoms with Gasteiger partial charge in [-0.2, -0.15) is 31.1 Å². The Morgan fingerprint density at radius 2 is 1.45 bits per heavy atom. The number of nitrogens with one attached hydrogen (secondary N) is 1. The van der Waals surface area contributed by atoms with E-state index < -0.39 is 44.6 Å². The maximum atomic E-state index is 14.8. The Labute approximate surface area is 211 Å². The number of hydrogen-bond donors (Lipinski definition) is 3. The van der Waals surface area contributed by atoms with Gasteiger partial charge in [-0.25, -0.2) is 27.6 Å². The van der Waals surface area contributed by atoms with Crippen molar-refractivity contribution in [3.8, 4) is 22.3 Å². The van der Waals surface area contributed by atoms with Gasteiger partial charge in [-0.15, -0.1) is 0 Å². The number of sulfonamides is 1. The van der Waals surface area contributed by atoms with Crippen LogP contribution in [0.4, 0.5) is 36.7 Å². The first-order valence-electron chi connectivity index (χ1n) is 10.1. The lowest BCUT2D eigenvalue weighted by molar-refractivity contribution is -0.192. The van der Waals surface area contributed by atoms with Gasteiger partial charge in [-0.1, -0.05) is 30.3 Å². The predicted molar refractivity (Wildman–Crippen MR) is 121 cm³/mol. The molecule has 0 saturated heterocycles. The number of nitrogens with zero attached hydrogens (tertiary/aromatic N) is 2. The van der Waals surface area contributed by atoms with Gasteiger partial charge in [-0.3, -0.25) is 0 Å². The monoisotopic (exact) mass is 568 g/mol. The number of aromatic nitrogens is 2. The zero-order valence-electron chi connectivity index (χ0n) is 19.4. The quantitative estimate of drug-likeness (QED) is 0.377. The van der Waals surface area contributed by atoms with Crippen LogP contribution in [0.25, 0.3) is 22.3 Å². The first-order chi connectivity index (χ1) is 17.3. The summed E-state index contributed by atoms with van der Waals surface area (Å²) in [6.45, 7) is 1.44. The van der Waals surface area contributed by atoms with Gasteiger partial charge in [0.25, 0.3) is 0 Å². The Kier molecular flexibility index (Phi) is 8.73. The van der Waals surface area contributed by atoms with Crippen LogP contribution in [0, 0.1) is 5.82 Å². The van der Waals surface area contributed by atoms with E-state index in [0.717, 1.165) is 26.0 Å². The Hall–Kier alpha value is -3.79. The van der Waals surface area contributed by atoms with Crippen LogP contribution in [0.5, 0.6) is 0 Å². The van der Waals surface area contributed by atoms with Crippen LogP contribution < -0.4 is 10.5 Å². The fourth-order valence-corrected chi connectivity index (χ4v) is 4.41. The lowest BCUT2D eigenvalue weighted by Crippen LogP contribution is -2.54. The van der Waals surface area contributed by atoms with Gasteiger partial charge in [-0.05, 0) is 31.5 Å². The number of aliphatic carboxylic acids is 1. The van der Waals surface area contributed by atoms with Gasteiger partial charge in [0.1, 0.15) is 11.4 Å². The highest BCUT2D eigenvalue weighted by Crippen LogP contribution is 2.34. The summed E-state index contributed by atoms with van der Waals surface area (Å²) in [6, 6.07) is 9.36. The number of nitrogens with two attached hydrogens (primary N) is 1. The molecule has 0 unspecified atom stereocenters. The zero-order chi connectivity index (χ0) is 29.1. The summed E-state index contributed by atoms with van der Waals surface area (Å²) < 4.78 is 113. The van der Waals surface area contributed by atoms with Crippen molar-refractivity contribution in [1.29, 1.82) is 0 Å². The largest absolute Gasteiger partial charge is 0.490 e. The Morgan fingerprint density at radius 3 is 1.92 bits per heavy atom. The second kappa shape index (κ2) is 10.9. The number of halogens is 7. The van der Waals surface area contributed by atoms with Gasteiger partial charge in [0.05, 0.1) is 4.90 Å². The second-order valence-corrected chi connectivity index (χ2v) is 9.70. The van der Waals surface area contributed by atoms with E-state index in [9.17, 15) is 39.2 Å². The lowest BCUT2D eigenvalue weighted by Gasteiger charge is -2.29. The topological polar surface area (TPSA) is 135 Å². The van der Waals surface area contributed by atoms with E-state index in [1.807, 2.05) is 0 Å². The summed E-state index contributed by atoms with van der Waals surface area (Å²) >= 11 is 0. The predicted octanol–water partition coefficient (Wildman–Crippen LogP) is 4.78. The van der Waals surface area contributed by atoms with E-state index in [1.165, 1.54) is 42.7 Å². The fraction of sp³-hybridized carbons (Fsp3) is 0.227. The number of rotatable bonds is 5. The maximum absolute atomic E-state index is 14.8. The molecule has 2 aromatic carbocycles. The van der Waals surface area contributed by atoms with E-state index in [4.69, 9.17) is 15.6 Å². The smallest absolute Gasteiger partial charge is 0.475 e. The molecular weight excluding hydrogens is 549 g/mol. The van der Waals surface area contributed by atoms with Crippen molar-refractivity contribution in [2.75, 3.05) is 5.73 Å². The van der Waals surface area contributed by atoms with Crippen molar-refractivity contribution >= 4 is 21.9 Å². The Balaban J connectivity index is 0.000000638. The molecule has 0 bridgehead atoms. The van der Waals surface area contributed by atoms with E-state index in [1.54, 1.807) is 4.72 Å². The summed E-state index contributed by atoms with van der Waals surface area (Å²) in [7, 11) is -4.59. The molecule has 0 aliphatic carbocycles. The zero-order valence-corrected chi connectivity index (χ0v) is 20.2. The number of benzene rings is 2. The maximum Gasteiger partial charge on any atom is 0.490 e. The van der Waals surface area contributed by atoms with Gasteiger partial charge in [0.2, 0.25) is 16.0 Å². The highest BCUT2D eigenvalue weighted by molar-refractivity contribution is 7.89. The number of nitrogen functional groups attached to an aromatic ring is 1. The molecule has 3 rings (SSSR count). The SMILES string of the molecule is CC(C)(NS(=O)(=O)c1ccccc1-c1ccc(-c2cnc(N)nc2)c(F)c1)C(F)(F)F.O=C(O)C(F)(F)F. The highest BCUT2D eigenvalue weighted by atomic mass is 32.2. The normalized spacial score (nSPS) is 12.4. The number of alkyl halides is 6. The summed E-state index contributed by atoms with van der Waals surface area (Å²) in [5.41, 5.74) is 3.44. The average molecular weight is 568 g/mol. The van der Waals surface area contributed by atoms with Gasteiger partial charge in [0, 0.05) is 29.1 Å². The number of hydrogen-bond acceptors (Lipinski definition) is 6. The Bertz CT molecular complexity index is 1410. The molecule has 0 spiro atoms. The molecule has 206 valence electrons. The average Bonchev–Trinajstić information content (AvgIpc) is 2.78. The van der Waals surface area contributed by atoms with Crippen LogP contribution in [0.3, 0.4) is 0 Å². The number of carbonyl (C=O) groups is 1. The van der Waals surface area contributed by atoms with Crippen LogP contribution in [-0.4, -0.2) is 47.4 Å². The minimum absolute atomic E-state index is 0.0224. The van der Waals surface area contributed by atoms with Crippen molar-refractivity contribution < 1.29 is 49.1 Å². The third-order valence-corrected chi connectivity index (χ3v) is 6.49. The van der Waals surface area contributed by atoms with Crippen molar-refractivity contribution in [2.24, 2.45) is 0 Å². The molecule has 0 atom stereocenters. The summed E-state index contributed by atoms with van der Waals surface area (Å²) in [6.07, 6.45) is -7.23. The van der Waals surface area contributed by atoms with E-state index >= 15 is 0 Å². The van der Waals surface area contributed by atoms with Crippen molar-refractivity contribution in [3.63, 3.8) is 0 Å². The summed E-state index contributed by atoms with van der Waals surface area (Å²) in [5.74, 6) is -3.43. The molecule has 3 aromatic rings.